The van der Waals surface area contributed by atoms with Gasteiger partial charge in [-0.3, -0.25) is 0 Å². The molecular weight excluding hydrogens is 182 g/mol. The Morgan fingerprint density at radius 2 is 2.31 bits per heavy atom. The second-order valence-corrected chi connectivity index (χ2v) is 3.46. The van der Waals surface area contributed by atoms with E-state index in [2.05, 4.69) is 31.0 Å². The number of benzene rings is 1. The first-order chi connectivity index (χ1) is 6.22. The number of rotatable bonds is 4. The number of hydrogen-bond donors (Lipinski definition) is 1. The fourth-order valence-electron chi connectivity index (χ4n) is 1.10. The van der Waals surface area contributed by atoms with Crippen molar-refractivity contribution in [2.45, 2.75) is 13.3 Å². The van der Waals surface area contributed by atoms with Gasteiger partial charge in [-0.25, -0.2) is 0 Å². The van der Waals surface area contributed by atoms with Gasteiger partial charge >= 0.3 is 0 Å². The molecule has 0 aliphatic carbocycles. The van der Waals surface area contributed by atoms with Crippen LogP contribution in [0.25, 0.3) is 0 Å². The Labute approximate surface area is 84.4 Å². The van der Waals surface area contributed by atoms with Crippen molar-refractivity contribution in [1.29, 1.82) is 0 Å². The molecule has 1 N–H and O–H groups in total. The van der Waals surface area contributed by atoms with E-state index in [1.54, 1.807) is 0 Å². The number of halogens is 1. The van der Waals surface area contributed by atoms with Crippen molar-refractivity contribution < 1.29 is 0 Å². The minimum Gasteiger partial charge on any atom is -0.380 e. The second kappa shape index (κ2) is 4.93. The quantitative estimate of drug-likeness (QED) is 0.777. The molecule has 1 aromatic rings. The van der Waals surface area contributed by atoms with Gasteiger partial charge in [0.25, 0.3) is 0 Å². The van der Waals surface area contributed by atoms with E-state index in [0.717, 1.165) is 12.1 Å². The molecule has 0 bridgehead atoms. The van der Waals surface area contributed by atoms with Crippen molar-refractivity contribution in [3.8, 4) is 0 Å². The number of anilines is 1. The molecule has 0 atom stereocenters. The molecule has 0 unspecified atom stereocenters. The summed E-state index contributed by atoms with van der Waals surface area (Å²) in [5.74, 6) is 0. The van der Waals surface area contributed by atoms with Gasteiger partial charge in [-0.15, -0.1) is 0 Å². The summed E-state index contributed by atoms with van der Waals surface area (Å²) in [7, 11) is 0. The lowest BCUT2D eigenvalue weighted by Gasteiger charge is -2.06. The van der Waals surface area contributed by atoms with E-state index < -0.39 is 0 Å². The summed E-state index contributed by atoms with van der Waals surface area (Å²) < 4.78 is 0. The molecule has 2 heteroatoms. The molecule has 0 saturated carbocycles. The Balaban J connectivity index is 2.61. The first kappa shape index (κ1) is 10.1. The average molecular weight is 196 g/mol. The van der Waals surface area contributed by atoms with Crippen LogP contribution in [0.4, 0.5) is 5.69 Å². The fraction of sp³-hybridized carbons (Fsp3) is 0.273. The van der Waals surface area contributed by atoms with Crippen LogP contribution in [0, 0.1) is 0 Å². The second-order valence-electron chi connectivity index (χ2n) is 2.92. The lowest BCUT2D eigenvalue weighted by atomic mass is 10.1. The number of hydrogen-bond acceptors (Lipinski definition) is 1. The molecule has 1 nitrogen and oxygen atoms in total. The molecule has 70 valence electrons. The monoisotopic (exact) mass is 195 g/mol. The van der Waals surface area contributed by atoms with Crippen LogP contribution in [-0.2, 0) is 6.42 Å². The zero-order chi connectivity index (χ0) is 9.68. The molecule has 0 heterocycles. The van der Waals surface area contributed by atoms with E-state index in [1.807, 2.05) is 12.1 Å². The highest BCUT2D eigenvalue weighted by Crippen LogP contribution is 2.11. The highest BCUT2D eigenvalue weighted by Gasteiger charge is 1.93. The summed E-state index contributed by atoms with van der Waals surface area (Å²) >= 11 is 5.64. The SMILES string of the molecule is C=C(Cl)CNc1cccc(CC)c1. The molecule has 0 aliphatic rings. The van der Waals surface area contributed by atoms with Crippen LogP contribution < -0.4 is 5.32 Å². The number of aryl methyl sites for hydroxylation is 1. The minimum atomic E-state index is 0.620. The highest BCUT2D eigenvalue weighted by molar-refractivity contribution is 6.29. The predicted octanol–water partition coefficient (Wildman–Crippen LogP) is 3.41. The van der Waals surface area contributed by atoms with Crippen molar-refractivity contribution in [3.05, 3.63) is 41.4 Å². The number of nitrogens with one attached hydrogen (secondary N) is 1. The minimum absolute atomic E-state index is 0.620. The lowest BCUT2D eigenvalue weighted by molar-refractivity contribution is 1.14. The molecule has 0 amide bonds. The molecule has 0 fully saturated rings. The van der Waals surface area contributed by atoms with Gasteiger partial charge in [-0.2, -0.15) is 0 Å². The van der Waals surface area contributed by atoms with E-state index >= 15 is 0 Å². The summed E-state index contributed by atoms with van der Waals surface area (Å²) in [4.78, 5) is 0. The first-order valence-corrected chi connectivity index (χ1v) is 4.76. The Morgan fingerprint density at radius 3 is 2.92 bits per heavy atom. The zero-order valence-electron chi connectivity index (χ0n) is 7.81. The topological polar surface area (TPSA) is 12.0 Å². The van der Waals surface area contributed by atoms with E-state index in [1.165, 1.54) is 5.56 Å². The smallest absolute Gasteiger partial charge is 0.0501 e. The van der Waals surface area contributed by atoms with Crippen molar-refractivity contribution in [1.82, 2.24) is 0 Å². The molecule has 0 radical (unpaired) electrons. The van der Waals surface area contributed by atoms with Crippen LogP contribution in [0.5, 0.6) is 0 Å². The summed E-state index contributed by atoms with van der Waals surface area (Å²) in [5.41, 5.74) is 2.42. The maximum absolute atomic E-state index is 5.64. The van der Waals surface area contributed by atoms with Gasteiger partial charge in [0, 0.05) is 10.7 Å². The van der Waals surface area contributed by atoms with Crippen LogP contribution in [0.3, 0.4) is 0 Å². The van der Waals surface area contributed by atoms with E-state index in [-0.39, 0.29) is 0 Å². The van der Waals surface area contributed by atoms with Crippen molar-refractivity contribution in [3.63, 3.8) is 0 Å². The lowest BCUT2D eigenvalue weighted by Crippen LogP contribution is -2.00. The fourth-order valence-corrected chi connectivity index (χ4v) is 1.17. The van der Waals surface area contributed by atoms with E-state index in [9.17, 15) is 0 Å². The van der Waals surface area contributed by atoms with Gasteiger partial charge < -0.3 is 5.32 Å². The predicted molar refractivity (Wildman–Crippen MR) is 59.3 cm³/mol. The normalized spacial score (nSPS) is 9.69. The third-order valence-electron chi connectivity index (χ3n) is 1.82. The van der Waals surface area contributed by atoms with Crippen molar-refractivity contribution in [2.24, 2.45) is 0 Å². The maximum Gasteiger partial charge on any atom is 0.0501 e. The average Bonchev–Trinajstić information content (AvgIpc) is 2.15. The molecule has 0 aliphatic heterocycles. The van der Waals surface area contributed by atoms with Crippen LogP contribution in [0.2, 0.25) is 0 Å². The summed E-state index contributed by atoms with van der Waals surface area (Å²) in [6, 6.07) is 8.30. The summed E-state index contributed by atoms with van der Waals surface area (Å²) in [6.07, 6.45) is 1.05. The van der Waals surface area contributed by atoms with Gasteiger partial charge in [0.05, 0.1) is 6.54 Å². The largest absolute Gasteiger partial charge is 0.380 e. The highest BCUT2D eigenvalue weighted by atomic mass is 35.5. The molecular formula is C11H14ClN. The molecule has 0 aromatic heterocycles. The summed E-state index contributed by atoms with van der Waals surface area (Å²) in [6.45, 7) is 6.37. The van der Waals surface area contributed by atoms with Gasteiger partial charge in [-0.05, 0) is 24.1 Å². The summed E-state index contributed by atoms with van der Waals surface area (Å²) in [5, 5.41) is 3.81. The van der Waals surface area contributed by atoms with Crippen molar-refractivity contribution >= 4 is 17.3 Å². The van der Waals surface area contributed by atoms with Crippen molar-refractivity contribution in [2.75, 3.05) is 11.9 Å². The van der Waals surface area contributed by atoms with Gasteiger partial charge in [0.2, 0.25) is 0 Å². The maximum atomic E-state index is 5.64. The van der Waals surface area contributed by atoms with Crippen LogP contribution >= 0.6 is 11.6 Å². The standard InChI is InChI=1S/C11H14ClN/c1-3-10-5-4-6-11(7-10)13-8-9(2)12/h4-7,13H,2-3,8H2,1H3. The Hall–Kier alpha value is -0.950. The molecule has 0 spiro atoms. The molecule has 1 aromatic carbocycles. The van der Waals surface area contributed by atoms with Crippen LogP contribution in [-0.4, -0.2) is 6.54 Å². The molecule has 0 saturated heterocycles. The van der Waals surface area contributed by atoms with Gasteiger partial charge in [0.15, 0.2) is 0 Å². The van der Waals surface area contributed by atoms with E-state index in [4.69, 9.17) is 11.6 Å². The van der Waals surface area contributed by atoms with Gasteiger partial charge in [0.1, 0.15) is 0 Å². The molecule has 13 heavy (non-hydrogen) atoms. The van der Waals surface area contributed by atoms with Gasteiger partial charge in [-0.1, -0.05) is 37.2 Å². The third-order valence-corrected chi connectivity index (χ3v) is 1.95. The first-order valence-electron chi connectivity index (χ1n) is 4.38. The zero-order valence-corrected chi connectivity index (χ0v) is 8.56. The Kier molecular flexibility index (Phi) is 3.84. The Morgan fingerprint density at radius 1 is 1.54 bits per heavy atom. The molecule has 1 rings (SSSR count). The third kappa shape index (κ3) is 3.51. The van der Waals surface area contributed by atoms with Crippen LogP contribution in [0.1, 0.15) is 12.5 Å². The van der Waals surface area contributed by atoms with E-state index in [0.29, 0.717) is 11.6 Å². The Bertz CT molecular complexity index is 294. The van der Waals surface area contributed by atoms with Crippen LogP contribution in [0.15, 0.2) is 35.9 Å².